The van der Waals surface area contributed by atoms with E-state index in [0.29, 0.717) is 13.1 Å². The number of hydrogen-bond acceptors (Lipinski definition) is 6. The van der Waals surface area contributed by atoms with E-state index in [9.17, 15) is 4.79 Å². The number of nitrogens with two attached hydrogens (primary N) is 1. The number of carbonyl (C=O) groups is 1. The number of hydrogen-bond donors (Lipinski definition) is 4. The van der Waals surface area contributed by atoms with Gasteiger partial charge >= 0.3 is 0 Å². The van der Waals surface area contributed by atoms with E-state index in [1.165, 1.54) is 0 Å². The summed E-state index contributed by atoms with van der Waals surface area (Å²) in [5.74, 6) is -0.469. The lowest BCUT2D eigenvalue weighted by molar-refractivity contribution is -0.123. The second kappa shape index (κ2) is 5.35. The molecule has 0 aliphatic carbocycles. The first-order valence-electron chi connectivity index (χ1n) is 6.53. The lowest BCUT2D eigenvalue weighted by Crippen LogP contribution is -2.60. The molecule has 1 amide bonds. The fourth-order valence-corrected chi connectivity index (χ4v) is 3.20. The number of rotatable bonds is 4. The Morgan fingerprint density at radius 3 is 3.25 bits per heavy atom. The van der Waals surface area contributed by atoms with Crippen molar-refractivity contribution >= 4 is 23.6 Å². The van der Waals surface area contributed by atoms with Crippen molar-refractivity contribution in [2.45, 2.75) is 18.6 Å². The van der Waals surface area contributed by atoms with Crippen LogP contribution in [0.25, 0.3) is 0 Å². The average Bonchev–Trinajstić information content (AvgIpc) is 2.98. The maximum absolute atomic E-state index is 12.1. The van der Waals surface area contributed by atoms with Crippen LogP contribution in [0.3, 0.4) is 0 Å². The molecular formula is C13H17N5OS. The Morgan fingerprint density at radius 2 is 2.50 bits per heavy atom. The van der Waals surface area contributed by atoms with Crippen LogP contribution >= 0.6 is 11.3 Å². The summed E-state index contributed by atoms with van der Waals surface area (Å²) in [6.45, 7) is 2.06. The van der Waals surface area contributed by atoms with E-state index < -0.39 is 11.6 Å². The molecule has 0 saturated heterocycles. The van der Waals surface area contributed by atoms with Crippen LogP contribution in [0.1, 0.15) is 11.3 Å². The van der Waals surface area contributed by atoms with Crippen molar-refractivity contribution in [3.8, 4) is 0 Å². The topological polar surface area (TPSA) is 91.5 Å². The second-order valence-electron chi connectivity index (χ2n) is 4.79. The predicted octanol–water partition coefficient (Wildman–Crippen LogP) is -0.102. The van der Waals surface area contributed by atoms with E-state index in [1.54, 1.807) is 17.7 Å². The molecule has 0 saturated carbocycles. The molecule has 1 unspecified atom stereocenters. The fraction of sp³-hybridized carbons (Fsp3) is 0.385. The summed E-state index contributed by atoms with van der Waals surface area (Å²) in [5, 5.41) is 11.6. The van der Waals surface area contributed by atoms with Gasteiger partial charge in [0.1, 0.15) is 0 Å². The summed E-state index contributed by atoms with van der Waals surface area (Å²) in [5.41, 5.74) is 6.44. The number of nitrogens with one attached hydrogen (secondary N) is 3. The zero-order chi connectivity index (χ0) is 14.0. The lowest BCUT2D eigenvalue weighted by Gasteiger charge is -2.37. The molecule has 2 aliphatic rings. The van der Waals surface area contributed by atoms with Gasteiger partial charge in [-0.25, -0.2) is 4.99 Å². The van der Waals surface area contributed by atoms with Gasteiger partial charge < -0.3 is 16.4 Å². The molecule has 2 aliphatic heterocycles. The minimum absolute atomic E-state index is 0.469. The molecule has 1 aromatic heterocycles. The molecule has 1 aromatic rings. The number of carbonyl (C=O) groups excluding carboxylic acids is 1. The largest absolute Gasteiger partial charge is 0.366 e. The van der Waals surface area contributed by atoms with Crippen molar-refractivity contribution < 1.29 is 4.79 Å². The summed E-state index contributed by atoms with van der Waals surface area (Å²) in [7, 11) is 0. The molecule has 3 rings (SSSR count). The maximum atomic E-state index is 12.1. The molecule has 106 valence electrons. The minimum Gasteiger partial charge on any atom is -0.366 e. The Hall–Kier alpha value is -1.70. The maximum Gasteiger partial charge on any atom is 0.264 e. The minimum atomic E-state index is -1.14. The van der Waals surface area contributed by atoms with Gasteiger partial charge in [0.2, 0.25) is 5.66 Å². The number of thiophene rings is 1. The van der Waals surface area contributed by atoms with Gasteiger partial charge in [-0.05, 0) is 11.4 Å². The molecule has 0 spiro atoms. The average molecular weight is 291 g/mol. The Balaban J connectivity index is 1.90. The molecule has 0 fully saturated rings. The highest BCUT2D eigenvalue weighted by molar-refractivity contribution is 7.09. The monoisotopic (exact) mass is 291 g/mol. The van der Waals surface area contributed by atoms with Crippen LogP contribution in [0.2, 0.25) is 0 Å². The summed E-state index contributed by atoms with van der Waals surface area (Å²) in [6.07, 6.45) is 2.41. The van der Waals surface area contributed by atoms with Crippen molar-refractivity contribution in [2.75, 3.05) is 13.1 Å². The molecule has 5 N–H and O–H groups in total. The van der Waals surface area contributed by atoms with Crippen LogP contribution < -0.4 is 21.7 Å². The predicted molar refractivity (Wildman–Crippen MR) is 79.2 cm³/mol. The molecule has 0 bridgehead atoms. The Bertz CT molecular complexity index is 565. The number of aliphatic imine (C=N–C) groups is 1. The third kappa shape index (κ3) is 2.24. The molecule has 6 nitrogen and oxygen atoms in total. The number of primary amides is 1. The molecule has 3 heterocycles. The van der Waals surface area contributed by atoms with Gasteiger partial charge in [0.15, 0.2) is 0 Å². The highest BCUT2D eigenvalue weighted by Gasteiger charge is 2.43. The van der Waals surface area contributed by atoms with Crippen LogP contribution in [-0.4, -0.2) is 31.0 Å². The SMILES string of the molecule is NC(=O)C1(NCc2cccs2)N=CNC2=C1CNCC2. The van der Waals surface area contributed by atoms with Crippen LogP contribution in [0.5, 0.6) is 0 Å². The number of amides is 1. The molecule has 20 heavy (non-hydrogen) atoms. The summed E-state index contributed by atoms with van der Waals surface area (Å²) < 4.78 is 0. The van der Waals surface area contributed by atoms with Crippen molar-refractivity contribution in [1.29, 1.82) is 0 Å². The molecular weight excluding hydrogens is 274 g/mol. The van der Waals surface area contributed by atoms with Gasteiger partial charge in [-0.15, -0.1) is 11.3 Å². The van der Waals surface area contributed by atoms with Gasteiger partial charge in [-0.2, -0.15) is 0 Å². The lowest BCUT2D eigenvalue weighted by atomic mass is 9.92. The molecule has 7 heteroatoms. The summed E-state index contributed by atoms with van der Waals surface area (Å²) >= 11 is 1.64. The zero-order valence-electron chi connectivity index (χ0n) is 11.0. The van der Waals surface area contributed by atoms with E-state index in [-0.39, 0.29) is 0 Å². The van der Waals surface area contributed by atoms with Crippen molar-refractivity contribution in [2.24, 2.45) is 10.7 Å². The first-order chi connectivity index (χ1) is 9.72. The normalized spacial score (nSPS) is 25.2. The van der Waals surface area contributed by atoms with Gasteiger partial charge in [-0.3, -0.25) is 10.1 Å². The van der Waals surface area contributed by atoms with Crippen LogP contribution in [0.15, 0.2) is 33.8 Å². The quantitative estimate of drug-likeness (QED) is 0.623. The van der Waals surface area contributed by atoms with Crippen LogP contribution in [0, 0.1) is 0 Å². The second-order valence-corrected chi connectivity index (χ2v) is 5.83. The molecule has 0 radical (unpaired) electrons. The summed E-state index contributed by atoms with van der Waals surface area (Å²) in [4.78, 5) is 17.5. The van der Waals surface area contributed by atoms with Gasteiger partial charge in [-0.1, -0.05) is 6.07 Å². The zero-order valence-corrected chi connectivity index (χ0v) is 11.8. The third-order valence-corrected chi connectivity index (χ3v) is 4.48. The Labute approximate surface area is 121 Å². The Kier molecular flexibility index (Phi) is 3.56. The molecule has 0 aromatic carbocycles. The van der Waals surface area contributed by atoms with Crippen molar-refractivity contribution in [1.82, 2.24) is 16.0 Å². The Morgan fingerprint density at radius 1 is 1.60 bits per heavy atom. The fourth-order valence-electron chi connectivity index (χ4n) is 2.55. The van der Waals surface area contributed by atoms with E-state index in [4.69, 9.17) is 5.73 Å². The van der Waals surface area contributed by atoms with E-state index >= 15 is 0 Å². The van der Waals surface area contributed by atoms with Crippen LogP contribution in [0.4, 0.5) is 0 Å². The van der Waals surface area contributed by atoms with Gasteiger partial charge in [0.25, 0.3) is 5.91 Å². The van der Waals surface area contributed by atoms with E-state index in [2.05, 4.69) is 20.9 Å². The third-order valence-electron chi connectivity index (χ3n) is 3.61. The van der Waals surface area contributed by atoms with Crippen molar-refractivity contribution in [3.05, 3.63) is 33.7 Å². The first-order valence-corrected chi connectivity index (χ1v) is 7.41. The first kappa shape index (κ1) is 13.3. The van der Waals surface area contributed by atoms with E-state index in [0.717, 1.165) is 29.1 Å². The van der Waals surface area contributed by atoms with Crippen LogP contribution in [-0.2, 0) is 11.3 Å². The van der Waals surface area contributed by atoms with Gasteiger partial charge in [0.05, 0.1) is 6.34 Å². The smallest absolute Gasteiger partial charge is 0.264 e. The van der Waals surface area contributed by atoms with E-state index in [1.807, 2.05) is 17.5 Å². The molecule has 1 atom stereocenters. The van der Waals surface area contributed by atoms with Crippen molar-refractivity contribution in [3.63, 3.8) is 0 Å². The number of nitrogens with zero attached hydrogens (tertiary/aromatic N) is 1. The van der Waals surface area contributed by atoms with Gasteiger partial charge in [0, 0.05) is 42.2 Å². The highest BCUT2D eigenvalue weighted by atomic mass is 32.1. The highest BCUT2D eigenvalue weighted by Crippen LogP contribution is 2.27. The standard InChI is InChI=1S/C13H17N5OS/c14-12(19)13(17-6-9-2-1-5-20-9)10-7-15-4-3-11(10)16-8-18-13/h1-2,5,8,15,17H,3-4,6-7H2,(H2,14,19)(H,16,18). The summed E-state index contributed by atoms with van der Waals surface area (Å²) in [6, 6.07) is 4.00.